The van der Waals surface area contributed by atoms with Crippen molar-refractivity contribution >= 4 is 0 Å². The zero-order valence-corrected chi connectivity index (χ0v) is 6.13. The van der Waals surface area contributed by atoms with E-state index in [1.54, 1.807) is 0 Å². The number of rotatable bonds is 0. The Morgan fingerprint density at radius 2 is 1.30 bits per heavy atom. The minimum Gasteiger partial charge on any atom is -0.364 e. The van der Waals surface area contributed by atoms with Crippen LogP contribution in [0.15, 0.2) is 0 Å². The van der Waals surface area contributed by atoms with E-state index in [9.17, 15) is 0 Å². The van der Waals surface area contributed by atoms with Crippen LogP contribution in [0.1, 0.15) is 13.8 Å². The van der Waals surface area contributed by atoms with Crippen molar-refractivity contribution in [2.75, 3.05) is 13.2 Å². The monoisotopic (exact) mass is 148 g/mol. The third-order valence-corrected chi connectivity index (χ3v) is 1.30. The molecular weight excluding hydrogens is 136 g/mol. The molecule has 0 aromatic carbocycles. The quantitative estimate of drug-likeness (QED) is 0.484. The molecule has 0 bridgehead atoms. The van der Waals surface area contributed by atoms with Gasteiger partial charge in [-0.2, -0.15) is 0 Å². The van der Waals surface area contributed by atoms with Crippen LogP contribution in [-0.2, 0) is 9.47 Å². The Hall–Kier alpha value is -0.160. The summed E-state index contributed by atoms with van der Waals surface area (Å²) in [5.74, 6) is -2.50. The van der Waals surface area contributed by atoms with Gasteiger partial charge in [0.2, 0.25) is 0 Å². The van der Waals surface area contributed by atoms with Crippen molar-refractivity contribution in [3.05, 3.63) is 0 Å². The Labute approximate surface area is 59.4 Å². The molecule has 1 heterocycles. The van der Waals surface area contributed by atoms with E-state index in [1.807, 2.05) is 0 Å². The molecule has 10 heavy (non-hydrogen) atoms. The van der Waals surface area contributed by atoms with E-state index in [0.717, 1.165) is 0 Å². The van der Waals surface area contributed by atoms with Crippen LogP contribution in [0.25, 0.3) is 0 Å². The van der Waals surface area contributed by atoms with Crippen LogP contribution in [0, 0.1) is 0 Å². The first kappa shape index (κ1) is 7.94. The number of ether oxygens (including phenoxy) is 2. The molecule has 0 aromatic heterocycles. The van der Waals surface area contributed by atoms with Gasteiger partial charge in [-0.15, -0.1) is 0 Å². The van der Waals surface area contributed by atoms with Gasteiger partial charge in [0, 0.05) is 0 Å². The number of aliphatic hydroxyl groups is 2. The summed E-state index contributed by atoms with van der Waals surface area (Å²) in [5.41, 5.74) is 0. The fraction of sp³-hybridized carbons (Fsp3) is 1.00. The van der Waals surface area contributed by atoms with Crippen molar-refractivity contribution in [3.8, 4) is 0 Å². The summed E-state index contributed by atoms with van der Waals surface area (Å²) >= 11 is 0. The molecule has 0 amide bonds. The highest BCUT2D eigenvalue weighted by Crippen LogP contribution is 2.20. The van der Waals surface area contributed by atoms with E-state index in [-0.39, 0.29) is 13.2 Å². The molecule has 0 aliphatic carbocycles. The summed E-state index contributed by atoms with van der Waals surface area (Å²) in [6.07, 6.45) is 0. The second-order valence-corrected chi connectivity index (χ2v) is 2.93. The summed E-state index contributed by atoms with van der Waals surface area (Å²) in [6.45, 7) is 2.98. The fourth-order valence-electron chi connectivity index (χ4n) is 0.662. The Balaban J connectivity index is 2.46. The van der Waals surface area contributed by atoms with Crippen LogP contribution in [-0.4, -0.2) is 35.0 Å². The van der Waals surface area contributed by atoms with Crippen molar-refractivity contribution in [1.29, 1.82) is 0 Å². The summed E-state index contributed by atoms with van der Waals surface area (Å²) in [4.78, 5) is 0. The minimum absolute atomic E-state index is 0. The summed E-state index contributed by atoms with van der Waals surface area (Å²) in [6, 6.07) is 0. The molecule has 0 radical (unpaired) electrons. The molecule has 0 spiro atoms. The highest BCUT2D eigenvalue weighted by atomic mass is 16.7. The third-order valence-electron chi connectivity index (χ3n) is 1.30. The van der Waals surface area contributed by atoms with Gasteiger partial charge in [-0.3, -0.25) is 0 Å². The number of hydrogen-bond acceptors (Lipinski definition) is 4. The van der Waals surface area contributed by atoms with E-state index in [1.165, 1.54) is 13.8 Å². The van der Waals surface area contributed by atoms with E-state index < -0.39 is 11.6 Å². The lowest BCUT2D eigenvalue weighted by molar-refractivity contribution is -0.353. The van der Waals surface area contributed by atoms with Gasteiger partial charge in [-0.25, -0.2) is 0 Å². The average Bonchev–Trinajstić information content (AvgIpc) is 1.79. The fourth-order valence-corrected chi connectivity index (χ4v) is 0.662. The predicted molar refractivity (Wildman–Crippen MR) is 33.2 cm³/mol. The van der Waals surface area contributed by atoms with E-state index in [2.05, 4.69) is 0 Å². The zero-order chi connectivity index (χ0) is 7.83. The van der Waals surface area contributed by atoms with Gasteiger partial charge in [0.05, 0.1) is 0 Å². The Kier molecular flexibility index (Phi) is 1.72. The molecule has 0 aromatic rings. The van der Waals surface area contributed by atoms with Crippen molar-refractivity contribution in [1.82, 2.24) is 0 Å². The largest absolute Gasteiger partial charge is 0.364 e. The summed E-state index contributed by atoms with van der Waals surface area (Å²) in [5, 5.41) is 18.3. The van der Waals surface area contributed by atoms with Gasteiger partial charge in [0.1, 0.15) is 13.2 Å². The maximum absolute atomic E-state index is 9.15. The third kappa shape index (κ3) is 1.91. The lowest BCUT2D eigenvalue weighted by Gasteiger charge is -2.36. The molecule has 4 nitrogen and oxygen atoms in total. The van der Waals surface area contributed by atoms with Crippen LogP contribution >= 0.6 is 0 Å². The Morgan fingerprint density at radius 1 is 1.00 bits per heavy atom. The first-order valence-corrected chi connectivity index (χ1v) is 3.14. The summed E-state index contributed by atoms with van der Waals surface area (Å²) < 4.78 is 9.72. The molecule has 2 N–H and O–H groups in total. The summed E-state index contributed by atoms with van der Waals surface area (Å²) in [7, 11) is 0. The highest BCUT2D eigenvalue weighted by Gasteiger charge is 2.36. The van der Waals surface area contributed by atoms with E-state index >= 15 is 0 Å². The van der Waals surface area contributed by atoms with Crippen molar-refractivity contribution < 1.29 is 19.7 Å². The maximum atomic E-state index is 9.15. The van der Waals surface area contributed by atoms with Gasteiger partial charge in [-0.05, 0) is 13.8 Å². The van der Waals surface area contributed by atoms with Crippen LogP contribution < -0.4 is 0 Å². The normalized spacial score (nSPS) is 49.2. The highest BCUT2D eigenvalue weighted by molar-refractivity contribution is 4.70. The second kappa shape index (κ2) is 2.17. The van der Waals surface area contributed by atoms with Crippen molar-refractivity contribution in [3.63, 3.8) is 0 Å². The van der Waals surface area contributed by atoms with Gasteiger partial charge in [0.15, 0.2) is 11.6 Å². The maximum Gasteiger partial charge on any atom is 0.186 e. The molecule has 4 heteroatoms. The van der Waals surface area contributed by atoms with Crippen LogP contribution in [0.2, 0.25) is 0 Å². The molecule has 0 unspecified atom stereocenters. The van der Waals surface area contributed by atoms with Crippen LogP contribution in [0.5, 0.6) is 0 Å². The topological polar surface area (TPSA) is 58.9 Å². The molecule has 1 saturated heterocycles. The lowest BCUT2D eigenvalue weighted by atomic mass is 10.2. The van der Waals surface area contributed by atoms with Crippen LogP contribution in [0.3, 0.4) is 0 Å². The van der Waals surface area contributed by atoms with E-state index in [4.69, 9.17) is 19.7 Å². The van der Waals surface area contributed by atoms with Crippen molar-refractivity contribution in [2.45, 2.75) is 25.4 Å². The average molecular weight is 148 g/mol. The van der Waals surface area contributed by atoms with Gasteiger partial charge < -0.3 is 19.7 Å². The second-order valence-electron chi connectivity index (χ2n) is 2.93. The molecule has 0 saturated carbocycles. The molecule has 2 atom stereocenters. The Bertz CT molecular complexity index is 102. The van der Waals surface area contributed by atoms with E-state index in [0.29, 0.717) is 0 Å². The zero-order valence-electron chi connectivity index (χ0n) is 6.13. The molecule has 1 fully saturated rings. The molecule has 60 valence electrons. The SMILES string of the molecule is C[C@@]1(O)CO[C@](C)(O)CO1. The minimum atomic E-state index is -1.25. The van der Waals surface area contributed by atoms with Gasteiger partial charge in [0.25, 0.3) is 0 Å². The Morgan fingerprint density at radius 3 is 1.50 bits per heavy atom. The van der Waals surface area contributed by atoms with Gasteiger partial charge >= 0.3 is 0 Å². The van der Waals surface area contributed by atoms with Crippen molar-refractivity contribution in [2.24, 2.45) is 0 Å². The van der Waals surface area contributed by atoms with Crippen LogP contribution in [0.4, 0.5) is 0 Å². The first-order chi connectivity index (χ1) is 4.41. The standard InChI is InChI=1S/C6H12O4/c1-5(7)3-10-6(2,8)4-9-5/h7-8H,3-4H2,1-2H3/t5-,6-/m0/s1. The molecule has 1 rings (SSSR count). The van der Waals surface area contributed by atoms with Gasteiger partial charge in [-0.1, -0.05) is 0 Å². The first-order valence-electron chi connectivity index (χ1n) is 3.14. The molecule has 1 aliphatic heterocycles. The smallest absolute Gasteiger partial charge is 0.186 e. The molecular formula is C6H12O4. The predicted octanol–water partition coefficient (Wildman–Crippen LogP) is -0.550. The number of hydrogen-bond donors (Lipinski definition) is 2. The molecule has 1 aliphatic rings. The lowest BCUT2D eigenvalue weighted by Crippen LogP contribution is -2.50.